The fraction of sp³-hybridized carbons (Fsp3) is 0.167. The molecule has 0 aromatic heterocycles. The Morgan fingerprint density at radius 2 is 1.70 bits per heavy atom. The van der Waals surface area contributed by atoms with Gasteiger partial charge < -0.3 is 20.3 Å². The van der Waals surface area contributed by atoms with Gasteiger partial charge in [-0.3, -0.25) is 14.9 Å². The normalized spacial score (nSPS) is 11.2. The Kier molecular flexibility index (Phi) is 7.57. The Hall–Kier alpha value is -3.98. The molecule has 0 spiro atoms. The fourth-order valence-corrected chi connectivity index (χ4v) is 3.53. The van der Waals surface area contributed by atoms with Crippen LogP contribution in [-0.2, 0) is 4.79 Å². The number of thiocarbonyl (C=S) groups is 1. The molecule has 33 heavy (non-hydrogen) atoms. The monoisotopic (exact) mass is 464 g/mol. The molecular weight excluding hydrogens is 440 g/mol. The van der Waals surface area contributed by atoms with Crippen molar-refractivity contribution in [2.75, 3.05) is 24.8 Å². The highest BCUT2D eigenvalue weighted by molar-refractivity contribution is 7.80. The fourth-order valence-electron chi connectivity index (χ4n) is 3.32. The van der Waals surface area contributed by atoms with Gasteiger partial charge in [0.05, 0.1) is 18.1 Å². The predicted molar refractivity (Wildman–Crippen MR) is 133 cm³/mol. The zero-order valence-electron chi connectivity index (χ0n) is 18.4. The van der Waals surface area contributed by atoms with Crippen LogP contribution in [0.3, 0.4) is 0 Å². The molecule has 1 amide bonds. The lowest BCUT2D eigenvalue weighted by atomic mass is 10.0. The number of ether oxygens (including phenoxy) is 1. The number of carbonyl (C=O) groups is 1. The maximum atomic E-state index is 13.4. The summed E-state index contributed by atoms with van der Waals surface area (Å²) in [7, 11) is 3.10. The van der Waals surface area contributed by atoms with Gasteiger partial charge in [0.15, 0.2) is 5.11 Å². The highest BCUT2D eigenvalue weighted by Crippen LogP contribution is 2.30. The van der Waals surface area contributed by atoms with Crippen molar-refractivity contribution in [2.45, 2.75) is 13.0 Å². The molecule has 9 heteroatoms. The summed E-state index contributed by atoms with van der Waals surface area (Å²) >= 11 is 5.53. The molecule has 1 atom stereocenters. The summed E-state index contributed by atoms with van der Waals surface area (Å²) < 4.78 is 5.08. The lowest BCUT2D eigenvalue weighted by Crippen LogP contribution is -2.40. The first kappa shape index (κ1) is 23.7. The largest absolute Gasteiger partial charge is 0.496 e. The number of methoxy groups -OCH3 is 1. The van der Waals surface area contributed by atoms with Crippen LogP contribution < -0.4 is 15.4 Å². The van der Waals surface area contributed by atoms with E-state index in [9.17, 15) is 14.9 Å². The van der Waals surface area contributed by atoms with Crippen molar-refractivity contribution in [2.24, 2.45) is 0 Å². The number of nitrogens with zero attached hydrogens (tertiary/aromatic N) is 2. The van der Waals surface area contributed by atoms with Crippen molar-refractivity contribution in [3.63, 3.8) is 0 Å². The van der Waals surface area contributed by atoms with Gasteiger partial charge in [-0.25, -0.2) is 0 Å². The van der Waals surface area contributed by atoms with E-state index in [0.717, 1.165) is 11.1 Å². The molecule has 0 saturated carbocycles. The smallest absolute Gasteiger partial charge is 0.296 e. The van der Waals surface area contributed by atoms with Crippen LogP contribution in [0.15, 0.2) is 72.8 Å². The highest BCUT2D eigenvalue weighted by Gasteiger charge is 2.28. The molecule has 1 unspecified atom stereocenters. The summed E-state index contributed by atoms with van der Waals surface area (Å²) in [6.07, 6.45) is 0. The van der Waals surface area contributed by atoms with Crippen LogP contribution in [-0.4, -0.2) is 35.0 Å². The summed E-state index contributed by atoms with van der Waals surface area (Å²) in [4.78, 5) is 25.9. The number of nitro benzene ring substituents is 1. The lowest BCUT2D eigenvalue weighted by molar-refractivity contribution is -0.384. The summed E-state index contributed by atoms with van der Waals surface area (Å²) in [6.45, 7) is 1.91. The standard InChI is InChI=1S/C24H24N4O4S/c1-16-9-7-8-12-19(16)25-23(29)22(17-10-5-4-6-11-17)27(2)24(33)26-20-14-13-18(32-3)15-21(20)28(30)31/h4-15,22H,1-3H3,(H,25,29)(H,26,33). The van der Waals surface area contributed by atoms with E-state index in [1.54, 1.807) is 18.0 Å². The third kappa shape index (κ3) is 5.64. The van der Waals surface area contributed by atoms with E-state index in [1.807, 2.05) is 61.5 Å². The summed E-state index contributed by atoms with van der Waals surface area (Å²) in [5.74, 6) is 0.0673. The average Bonchev–Trinajstić information content (AvgIpc) is 2.81. The van der Waals surface area contributed by atoms with E-state index in [0.29, 0.717) is 11.4 Å². The second-order valence-corrected chi connectivity index (χ2v) is 7.69. The second kappa shape index (κ2) is 10.6. The molecule has 0 aliphatic carbocycles. The molecular formula is C24H24N4O4S. The molecule has 3 rings (SSSR count). The van der Waals surface area contributed by atoms with Gasteiger partial charge in [0.1, 0.15) is 17.5 Å². The molecule has 8 nitrogen and oxygen atoms in total. The Labute approximate surface area is 197 Å². The number of para-hydroxylation sites is 1. The van der Waals surface area contributed by atoms with Crippen LogP contribution >= 0.6 is 12.2 Å². The van der Waals surface area contributed by atoms with Crippen molar-refractivity contribution < 1.29 is 14.5 Å². The number of nitro groups is 1. The first-order valence-electron chi connectivity index (χ1n) is 10.1. The van der Waals surface area contributed by atoms with Gasteiger partial charge in [0, 0.05) is 12.7 Å². The molecule has 0 radical (unpaired) electrons. The van der Waals surface area contributed by atoms with Gasteiger partial charge in [-0.2, -0.15) is 0 Å². The van der Waals surface area contributed by atoms with Crippen molar-refractivity contribution in [1.29, 1.82) is 0 Å². The zero-order valence-corrected chi connectivity index (χ0v) is 19.3. The van der Waals surface area contributed by atoms with Crippen molar-refractivity contribution >= 4 is 40.3 Å². The van der Waals surface area contributed by atoms with Gasteiger partial charge in [0.25, 0.3) is 11.6 Å². The number of anilines is 2. The highest BCUT2D eigenvalue weighted by atomic mass is 32.1. The average molecular weight is 465 g/mol. The molecule has 0 aliphatic heterocycles. The summed E-state index contributed by atoms with van der Waals surface area (Å²) in [6, 6.07) is 20.3. The molecule has 3 aromatic carbocycles. The summed E-state index contributed by atoms with van der Waals surface area (Å²) in [5.41, 5.74) is 2.35. The lowest BCUT2D eigenvalue weighted by Gasteiger charge is -2.30. The van der Waals surface area contributed by atoms with Crippen LogP contribution in [0.5, 0.6) is 5.75 Å². The van der Waals surface area contributed by atoms with Crippen LogP contribution in [0.2, 0.25) is 0 Å². The first-order valence-corrected chi connectivity index (χ1v) is 10.5. The maximum absolute atomic E-state index is 13.4. The number of likely N-dealkylation sites (N-methyl/N-ethyl adjacent to an activating group) is 1. The molecule has 0 fully saturated rings. The molecule has 0 bridgehead atoms. The molecule has 0 aliphatic rings. The minimum atomic E-state index is -0.775. The Morgan fingerprint density at radius 1 is 1.03 bits per heavy atom. The van der Waals surface area contributed by atoms with Crippen LogP contribution in [0.25, 0.3) is 0 Å². The topological polar surface area (TPSA) is 96.7 Å². The zero-order chi connectivity index (χ0) is 24.0. The first-order chi connectivity index (χ1) is 15.8. The van der Waals surface area contributed by atoms with Crippen molar-refractivity contribution in [3.8, 4) is 5.75 Å². The third-order valence-corrected chi connectivity index (χ3v) is 5.51. The predicted octanol–water partition coefficient (Wildman–Crippen LogP) is 4.92. The van der Waals surface area contributed by atoms with E-state index in [1.165, 1.54) is 19.2 Å². The number of rotatable bonds is 7. The Bertz CT molecular complexity index is 1170. The van der Waals surface area contributed by atoms with E-state index < -0.39 is 11.0 Å². The van der Waals surface area contributed by atoms with Crippen LogP contribution in [0.1, 0.15) is 17.2 Å². The Morgan fingerprint density at radius 3 is 2.33 bits per heavy atom. The molecule has 3 aromatic rings. The number of hydrogen-bond donors (Lipinski definition) is 2. The van der Waals surface area contributed by atoms with Crippen LogP contribution in [0.4, 0.5) is 17.1 Å². The van der Waals surface area contributed by atoms with E-state index in [4.69, 9.17) is 17.0 Å². The van der Waals surface area contributed by atoms with Gasteiger partial charge in [-0.05, 0) is 48.5 Å². The minimum Gasteiger partial charge on any atom is -0.496 e. The van der Waals surface area contributed by atoms with Gasteiger partial charge in [0.2, 0.25) is 0 Å². The molecule has 2 N–H and O–H groups in total. The van der Waals surface area contributed by atoms with E-state index >= 15 is 0 Å². The number of carbonyl (C=O) groups excluding carboxylic acids is 1. The number of nitrogens with one attached hydrogen (secondary N) is 2. The van der Waals surface area contributed by atoms with E-state index in [-0.39, 0.29) is 22.4 Å². The van der Waals surface area contributed by atoms with Crippen LogP contribution in [0, 0.1) is 17.0 Å². The van der Waals surface area contributed by atoms with Gasteiger partial charge >= 0.3 is 0 Å². The quantitative estimate of drug-likeness (QED) is 0.291. The number of benzene rings is 3. The maximum Gasteiger partial charge on any atom is 0.296 e. The van der Waals surface area contributed by atoms with Gasteiger partial charge in [-0.1, -0.05) is 48.5 Å². The third-order valence-electron chi connectivity index (χ3n) is 5.12. The Balaban J connectivity index is 1.90. The number of amides is 1. The molecule has 0 heterocycles. The number of hydrogen-bond acceptors (Lipinski definition) is 5. The summed E-state index contributed by atoms with van der Waals surface area (Å²) in [5, 5.41) is 17.5. The second-order valence-electron chi connectivity index (χ2n) is 7.30. The molecule has 170 valence electrons. The SMILES string of the molecule is COc1ccc(NC(=S)N(C)C(C(=O)Nc2ccccc2C)c2ccccc2)c([N+](=O)[O-])c1. The number of aryl methyl sites for hydroxylation is 1. The van der Waals surface area contributed by atoms with E-state index in [2.05, 4.69) is 10.6 Å². The van der Waals surface area contributed by atoms with Crippen molar-refractivity contribution in [3.05, 3.63) is 94.0 Å². The minimum absolute atomic E-state index is 0.150. The van der Waals surface area contributed by atoms with Crippen molar-refractivity contribution in [1.82, 2.24) is 4.90 Å². The van der Waals surface area contributed by atoms with Gasteiger partial charge in [-0.15, -0.1) is 0 Å². The molecule has 0 saturated heterocycles.